The van der Waals surface area contributed by atoms with E-state index in [1.807, 2.05) is 0 Å². The maximum Gasteiger partial charge on any atom is 1.00 e. The van der Waals surface area contributed by atoms with Gasteiger partial charge in [-0.1, -0.05) is 110 Å². The molecule has 138 valence electrons. The molecule has 0 saturated carbocycles. The molecule has 0 heterocycles. The minimum Gasteiger partial charge on any atom is -0.478 e. The van der Waals surface area contributed by atoms with Crippen LogP contribution in [0, 0.1) is 6.92 Å². The third-order valence-corrected chi connectivity index (χ3v) is 4.03. The van der Waals surface area contributed by atoms with Crippen LogP contribution in [0.4, 0.5) is 0 Å². The number of hydrogen-bond acceptors (Lipinski definition) is 1. The SMILES string of the molecule is C=CC(=O)O.[CH2-]CCCCCCCCCCCCCCCCC.[K+]. The molecule has 0 unspecified atom stereocenters. The summed E-state index contributed by atoms with van der Waals surface area (Å²) in [7, 11) is 0. The molecule has 3 heteroatoms. The zero-order valence-corrected chi connectivity index (χ0v) is 19.8. The number of carboxylic acid groups (broad SMARTS) is 1. The molecule has 0 radical (unpaired) electrons. The Hall–Kier alpha value is 0.846. The average molecular weight is 365 g/mol. The van der Waals surface area contributed by atoms with Crippen LogP contribution in [0.3, 0.4) is 0 Å². The van der Waals surface area contributed by atoms with Crippen molar-refractivity contribution >= 4 is 5.97 Å². The fourth-order valence-electron chi connectivity index (χ4n) is 2.55. The monoisotopic (exact) mass is 364 g/mol. The molecular formula is C21H41KO2. The van der Waals surface area contributed by atoms with Gasteiger partial charge in [-0.3, -0.25) is 0 Å². The van der Waals surface area contributed by atoms with Crippen LogP contribution >= 0.6 is 0 Å². The fraction of sp³-hybridized carbons (Fsp3) is 0.810. The van der Waals surface area contributed by atoms with E-state index in [9.17, 15) is 4.79 Å². The first-order valence-corrected chi connectivity index (χ1v) is 9.83. The van der Waals surface area contributed by atoms with Gasteiger partial charge in [0.25, 0.3) is 0 Å². The second-order valence-corrected chi connectivity index (χ2v) is 6.35. The molecule has 0 aliphatic rings. The van der Waals surface area contributed by atoms with Crippen LogP contribution in [0.25, 0.3) is 0 Å². The second kappa shape index (κ2) is 28.6. The summed E-state index contributed by atoms with van der Waals surface area (Å²) < 4.78 is 0. The van der Waals surface area contributed by atoms with Gasteiger partial charge < -0.3 is 12.0 Å². The van der Waals surface area contributed by atoms with E-state index in [-0.39, 0.29) is 51.4 Å². The maximum absolute atomic E-state index is 9.25. The van der Waals surface area contributed by atoms with Crippen molar-refractivity contribution in [1.29, 1.82) is 0 Å². The summed E-state index contributed by atoms with van der Waals surface area (Å²) in [5, 5.41) is 7.60. The minimum atomic E-state index is -0.981. The fourth-order valence-corrected chi connectivity index (χ4v) is 2.55. The summed E-state index contributed by atoms with van der Waals surface area (Å²) in [6, 6.07) is 0. The van der Waals surface area contributed by atoms with Crippen LogP contribution in [0.15, 0.2) is 12.7 Å². The molecule has 0 aliphatic heterocycles. The molecule has 0 rings (SSSR count). The predicted octanol–water partition coefficient (Wildman–Crippen LogP) is 4.34. The molecule has 0 amide bonds. The van der Waals surface area contributed by atoms with Gasteiger partial charge in [-0.15, -0.1) is 0 Å². The van der Waals surface area contributed by atoms with Crippen molar-refractivity contribution in [2.75, 3.05) is 0 Å². The van der Waals surface area contributed by atoms with Crippen LogP contribution in [0.1, 0.15) is 110 Å². The van der Waals surface area contributed by atoms with E-state index in [0.717, 1.165) is 12.5 Å². The zero-order valence-electron chi connectivity index (χ0n) is 16.7. The predicted molar refractivity (Wildman–Crippen MR) is 103 cm³/mol. The Balaban J connectivity index is -0.000000639. The summed E-state index contributed by atoms with van der Waals surface area (Å²) in [6.45, 7) is 9.14. The molecule has 0 bridgehead atoms. The number of aliphatic carboxylic acids is 1. The first kappa shape index (κ1) is 29.6. The van der Waals surface area contributed by atoms with Crippen LogP contribution in [0.2, 0.25) is 0 Å². The number of hydrogen-bond donors (Lipinski definition) is 1. The standard InChI is InChI=1S/C18H37.C3H4O2.K/c1-3-5-7-9-11-13-15-17-18-16-14-12-10-8-6-4-2;1-2-3(4)5;/h1,3-18H2,2H3;2H,1H2,(H,4,5);/q-1;;+1. The van der Waals surface area contributed by atoms with E-state index in [0.29, 0.717) is 0 Å². The van der Waals surface area contributed by atoms with Crippen molar-refractivity contribution in [3.05, 3.63) is 19.6 Å². The Morgan fingerprint density at radius 1 is 0.792 bits per heavy atom. The van der Waals surface area contributed by atoms with Gasteiger partial charge in [0.15, 0.2) is 0 Å². The summed E-state index contributed by atoms with van der Waals surface area (Å²) in [5.41, 5.74) is 0. The molecule has 0 spiro atoms. The third-order valence-electron chi connectivity index (χ3n) is 4.03. The van der Waals surface area contributed by atoms with E-state index < -0.39 is 5.97 Å². The van der Waals surface area contributed by atoms with E-state index in [2.05, 4.69) is 20.4 Å². The van der Waals surface area contributed by atoms with E-state index in [1.54, 1.807) is 0 Å². The van der Waals surface area contributed by atoms with E-state index in [1.165, 1.54) is 96.3 Å². The first-order chi connectivity index (χ1) is 11.2. The molecular weight excluding hydrogens is 323 g/mol. The molecule has 0 aliphatic carbocycles. The maximum atomic E-state index is 9.25. The van der Waals surface area contributed by atoms with Gasteiger partial charge in [0, 0.05) is 6.08 Å². The summed E-state index contributed by atoms with van der Waals surface area (Å²) >= 11 is 0. The Bertz CT molecular complexity index is 226. The van der Waals surface area contributed by atoms with Gasteiger partial charge in [-0.2, -0.15) is 6.42 Å². The minimum absolute atomic E-state index is 0. The van der Waals surface area contributed by atoms with Crippen LogP contribution in [-0.4, -0.2) is 11.1 Å². The van der Waals surface area contributed by atoms with Crippen LogP contribution in [0.5, 0.6) is 0 Å². The summed E-state index contributed by atoms with van der Waals surface area (Å²) in [6.07, 6.45) is 23.7. The molecule has 1 N–H and O–H groups in total. The summed E-state index contributed by atoms with van der Waals surface area (Å²) in [4.78, 5) is 9.25. The van der Waals surface area contributed by atoms with Gasteiger partial charge >= 0.3 is 57.4 Å². The third kappa shape index (κ3) is 34.2. The quantitative estimate of drug-likeness (QED) is 0.191. The molecule has 0 atom stereocenters. The van der Waals surface area contributed by atoms with Crippen molar-refractivity contribution in [3.8, 4) is 0 Å². The van der Waals surface area contributed by atoms with Crippen LogP contribution in [-0.2, 0) is 4.79 Å². The Morgan fingerprint density at radius 3 is 1.25 bits per heavy atom. The van der Waals surface area contributed by atoms with Crippen molar-refractivity contribution in [2.24, 2.45) is 0 Å². The molecule has 0 fully saturated rings. The number of carbonyl (C=O) groups is 1. The molecule has 0 aromatic rings. The molecule has 0 aromatic heterocycles. The molecule has 24 heavy (non-hydrogen) atoms. The largest absolute Gasteiger partial charge is 1.00 e. The zero-order chi connectivity index (χ0) is 17.6. The van der Waals surface area contributed by atoms with Crippen LogP contribution < -0.4 is 51.4 Å². The Labute approximate surface area is 194 Å². The van der Waals surface area contributed by atoms with Crippen molar-refractivity contribution in [2.45, 2.75) is 110 Å². The number of carboxylic acids is 1. The molecule has 2 nitrogen and oxygen atoms in total. The topological polar surface area (TPSA) is 37.3 Å². The van der Waals surface area contributed by atoms with E-state index in [4.69, 9.17) is 5.11 Å². The average Bonchev–Trinajstić information content (AvgIpc) is 2.55. The van der Waals surface area contributed by atoms with Gasteiger partial charge in [-0.25, -0.2) is 4.79 Å². The summed E-state index contributed by atoms with van der Waals surface area (Å²) in [5.74, 6) is -0.981. The van der Waals surface area contributed by atoms with Gasteiger partial charge in [0.2, 0.25) is 0 Å². The molecule has 0 saturated heterocycles. The number of rotatable bonds is 16. The molecule has 0 aromatic carbocycles. The Morgan fingerprint density at radius 2 is 1.04 bits per heavy atom. The Kier molecular flexibility index (Phi) is 35.3. The van der Waals surface area contributed by atoms with Gasteiger partial charge in [-0.05, 0) is 0 Å². The first-order valence-electron chi connectivity index (χ1n) is 9.83. The van der Waals surface area contributed by atoms with Gasteiger partial charge in [0.05, 0.1) is 0 Å². The van der Waals surface area contributed by atoms with E-state index >= 15 is 0 Å². The second-order valence-electron chi connectivity index (χ2n) is 6.35. The van der Waals surface area contributed by atoms with Crippen molar-refractivity contribution < 1.29 is 61.3 Å². The van der Waals surface area contributed by atoms with Crippen molar-refractivity contribution in [3.63, 3.8) is 0 Å². The number of unbranched alkanes of at least 4 members (excludes halogenated alkanes) is 15. The van der Waals surface area contributed by atoms with Gasteiger partial charge in [0.1, 0.15) is 0 Å². The smallest absolute Gasteiger partial charge is 0.478 e. The van der Waals surface area contributed by atoms with Crippen molar-refractivity contribution in [1.82, 2.24) is 0 Å². The normalized spacial score (nSPS) is 9.58.